The van der Waals surface area contributed by atoms with Crippen LogP contribution in [0.25, 0.3) is 11.2 Å². The second-order valence-corrected chi connectivity index (χ2v) is 7.10. The molecule has 0 bridgehead atoms. The molecule has 0 radical (unpaired) electrons. The third-order valence-corrected chi connectivity index (χ3v) is 5.00. The summed E-state index contributed by atoms with van der Waals surface area (Å²) in [6.45, 7) is 3.79. The van der Waals surface area contributed by atoms with E-state index < -0.39 is 0 Å². The Morgan fingerprint density at radius 3 is 2.91 bits per heavy atom. The van der Waals surface area contributed by atoms with Crippen LogP contribution >= 0.6 is 0 Å². The Labute approximate surface area is 136 Å². The number of hydrogen-bond acceptors (Lipinski definition) is 3. The Hall–Kier alpha value is -1.91. The zero-order valence-electron chi connectivity index (χ0n) is 14.0. The molecule has 5 heteroatoms. The Kier molecular flexibility index (Phi) is 3.58. The van der Waals surface area contributed by atoms with Crippen molar-refractivity contribution in [2.75, 3.05) is 13.6 Å². The molecule has 0 saturated heterocycles. The SMILES string of the molecule is Cc1cc(C(=O)N(C)CC2CC2)c2nc3n(c2n1)CCCCC3. The number of fused-ring (bicyclic) bond motifs is 3. The van der Waals surface area contributed by atoms with Gasteiger partial charge in [0.2, 0.25) is 0 Å². The van der Waals surface area contributed by atoms with E-state index in [1.807, 2.05) is 24.9 Å². The number of nitrogens with zero attached hydrogens (tertiary/aromatic N) is 4. The lowest BCUT2D eigenvalue weighted by atomic mass is 10.1. The van der Waals surface area contributed by atoms with E-state index in [0.717, 1.165) is 47.8 Å². The van der Waals surface area contributed by atoms with Gasteiger partial charge >= 0.3 is 0 Å². The van der Waals surface area contributed by atoms with Gasteiger partial charge in [-0.05, 0) is 44.6 Å². The molecule has 1 saturated carbocycles. The van der Waals surface area contributed by atoms with Crippen LogP contribution in [-0.2, 0) is 13.0 Å². The van der Waals surface area contributed by atoms with Gasteiger partial charge in [-0.3, -0.25) is 4.79 Å². The van der Waals surface area contributed by atoms with E-state index in [2.05, 4.69) is 4.57 Å². The molecule has 0 unspecified atom stereocenters. The van der Waals surface area contributed by atoms with Crippen LogP contribution in [-0.4, -0.2) is 38.9 Å². The lowest BCUT2D eigenvalue weighted by Gasteiger charge is -2.17. The molecule has 1 fully saturated rings. The summed E-state index contributed by atoms with van der Waals surface area (Å²) in [6.07, 6.45) is 7.07. The van der Waals surface area contributed by atoms with Gasteiger partial charge in [-0.1, -0.05) is 6.42 Å². The van der Waals surface area contributed by atoms with Gasteiger partial charge in [0.15, 0.2) is 5.65 Å². The smallest absolute Gasteiger partial charge is 0.256 e. The molecule has 2 aromatic rings. The predicted octanol–water partition coefficient (Wildman–Crippen LogP) is 2.95. The predicted molar refractivity (Wildman–Crippen MR) is 89.5 cm³/mol. The first kappa shape index (κ1) is 14.7. The van der Waals surface area contributed by atoms with Gasteiger partial charge < -0.3 is 9.47 Å². The molecule has 4 rings (SSSR count). The van der Waals surface area contributed by atoms with E-state index >= 15 is 0 Å². The minimum atomic E-state index is 0.0839. The molecule has 0 N–H and O–H groups in total. The maximum absolute atomic E-state index is 12.9. The number of amides is 1. The van der Waals surface area contributed by atoms with Crippen molar-refractivity contribution < 1.29 is 4.79 Å². The average Bonchev–Trinajstić information content (AvgIpc) is 3.31. The summed E-state index contributed by atoms with van der Waals surface area (Å²) < 4.78 is 2.23. The normalized spacial score (nSPS) is 17.8. The maximum atomic E-state index is 12.9. The van der Waals surface area contributed by atoms with Gasteiger partial charge in [-0.15, -0.1) is 0 Å². The first-order valence-electron chi connectivity index (χ1n) is 8.75. The van der Waals surface area contributed by atoms with Gasteiger partial charge in [-0.25, -0.2) is 9.97 Å². The van der Waals surface area contributed by atoms with Gasteiger partial charge in [-0.2, -0.15) is 0 Å². The highest BCUT2D eigenvalue weighted by Crippen LogP contribution is 2.30. The molecule has 1 aliphatic carbocycles. The fourth-order valence-electron chi connectivity index (χ4n) is 3.55. The molecule has 0 atom stereocenters. The van der Waals surface area contributed by atoms with Crippen molar-refractivity contribution in [2.45, 2.75) is 52.0 Å². The lowest BCUT2D eigenvalue weighted by Crippen LogP contribution is -2.29. The number of rotatable bonds is 3. The summed E-state index contributed by atoms with van der Waals surface area (Å²) in [5, 5.41) is 0. The quantitative estimate of drug-likeness (QED) is 0.875. The molecule has 0 spiro atoms. The molecule has 0 aromatic carbocycles. The van der Waals surface area contributed by atoms with Gasteiger partial charge in [0, 0.05) is 32.3 Å². The summed E-state index contributed by atoms with van der Waals surface area (Å²) in [5.41, 5.74) is 3.30. The van der Waals surface area contributed by atoms with E-state index in [9.17, 15) is 4.79 Å². The molecule has 1 amide bonds. The Bertz CT molecular complexity index is 760. The number of aryl methyl sites for hydroxylation is 3. The second-order valence-electron chi connectivity index (χ2n) is 7.10. The second kappa shape index (κ2) is 5.62. The Morgan fingerprint density at radius 1 is 1.30 bits per heavy atom. The minimum Gasteiger partial charge on any atom is -0.341 e. The van der Waals surface area contributed by atoms with Crippen LogP contribution in [0.5, 0.6) is 0 Å². The standard InChI is InChI=1S/C18H24N4O/c1-12-10-14(18(23)21(2)11-13-7-8-13)16-17(19-12)22-9-5-3-4-6-15(22)20-16/h10,13H,3-9,11H2,1-2H3. The summed E-state index contributed by atoms with van der Waals surface area (Å²) in [7, 11) is 1.91. The van der Waals surface area contributed by atoms with Crippen molar-refractivity contribution in [3.63, 3.8) is 0 Å². The zero-order valence-corrected chi connectivity index (χ0v) is 14.0. The van der Waals surface area contributed by atoms with Gasteiger partial charge in [0.05, 0.1) is 5.56 Å². The van der Waals surface area contributed by atoms with Crippen molar-refractivity contribution in [2.24, 2.45) is 5.92 Å². The molecule has 1 aliphatic heterocycles. The average molecular weight is 312 g/mol. The largest absolute Gasteiger partial charge is 0.341 e. The minimum absolute atomic E-state index is 0.0839. The number of imidazole rings is 1. The molecule has 5 nitrogen and oxygen atoms in total. The van der Waals surface area contributed by atoms with E-state index in [-0.39, 0.29) is 5.91 Å². The van der Waals surface area contributed by atoms with Gasteiger partial charge in [0.25, 0.3) is 5.91 Å². The van der Waals surface area contributed by atoms with Crippen molar-refractivity contribution in [1.82, 2.24) is 19.4 Å². The number of carbonyl (C=O) groups excluding carboxylic acids is 1. The van der Waals surface area contributed by atoms with Crippen LogP contribution in [0, 0.1) is 12.8 Å². The van der Waals surface area contributed by atoms with Crippen LogP contribution in [0.3, 0.4) is 0 Å². The number of pyridine rings is 1. The van der Waals surface area contributed by atoms with E-state index in [0.29, 0.717) is 5.92 Å². The van der Waals surface area contributed by atoms with E-state index in [1.54, 1.807) is 0 Å². The molecule has 23 heavy (non-hydrogen) atoms. The van der Waals surface area contributed by atoms with Crippen molar-refractivity contribution in [1.29, 1.82) is 0 Å². The maximum Gasteiger partial charge on any atom is 0.256 e. The third-order valence-electron chi connectivity index (χ3n) is 5.00. The number of aromatic nitrogens is 3. The topological polar surface area (TPSA) is 51.0 Å². The van der Waals surface area contributed by atoms with Gasteiger partial charge in [0.1, 0.15) is 11.3 Å². The van der Waals surface area contributed by atoms with Crippen molar-refractivity contribution in [3.8, 4) is 0 Å². The molecule has 3 heterocycles. The monoisotopic (exact) mass is 312 g/mol. The summed E-state index contributed by atoms with van der Waals surface area (Å²) in [4.78, 5) is 24.3. The fourth-order valence-corrected chi connectivity index (χ4v) is 3.55. The summed E-state index contributed by atoms with van der Waals surface area (Å²) >= 11 is 0. The highest BCUT2D eigenvalue weighted by Gasteiger charge is 2.27. The van der Waals surface area contributed by atoms with Crippen LogP contribution < -0.4 is 0 Å². The van der Waals surface area contributed by atoms with Crippen molar-refractivity contribution in [3.05, 3.63) is 23.1 Å². The lowest BCUT2D eigenvalue weighted by molar-refractivity contribution is 0.0790. The van der Waals surface area contributed by atoms with Crippen LogP contribution in [0.2, 0.25) is 0 Å². The first-order valence-corrected chi connectivity index (χ1v) is 8.75. The zero-order chi connectivity index (χ0) is 16.0. The Morgan fingerprint density at radius 2 is 2.13 bits per heavy atom. The molecular weight excluding hydrogens is 288 g/mol. The van der Waals surface area contributed by atoms with Crippen LogP contribution in [0.4, 0.5) is 0 Å². The number of hydrogen-bond donors (Lipinski definition) is 0. The number of carbonyl (C=O) groups is 1. The van der Waals surface area contributed by atoms with Crippen LogP contribution in [0.15, 0.2) is 6.07 Å². The third kappa shape index (κ3) is 2.73. The summed E-state index contributed by atoms with van der Waals surface area (Å²) in [6, 6.07) is 1.90. The van der Waals surface area contributed by atoms with E-state index in [1.165, 1.54) is 32.1 Å². The summed E-state index contributed by atoms with van der Waals surface area (Å²) in [5.74, 6) is 1.87. The molecule has 2 aromatic heterocycles. The molecular formula is C18H24N4O. The first-order chi connectivity index (χ1) is 11.1. The Balaban J connectivity index is 1.78. The van der Waals surface area contributed by atoms with E-state index in [4.69, 9.17) is 9.97 Å². The highest BCUT2D eigenvalue weighted by molar-refractivity contribution is 6.04. The fraction of sp³-hybridized carbons (Fsp3) is 0.611. The van der Waals surface area contributed by atoms with Crippen LogP contribution in [0.1, 0.15) is 54.0 Å². The molecule has 2 aliphatic rings. The van der Waals surface area contributed by atoms with Crippen molar-refractivity contribution >= 4 is 17.1 Å². The highest BCUT2D eigenvalue weighted by atomic mass is 16.2. The molecule has 122 valence electrons.